The van der Waals surface area contributed by atoms with E-state index in [0.29, 0.717) is 5.56 Å². The number of ether oxygens (including phenoxy) is 1. The lowest BCUT2D eigenvalue weighted by atomic mass is 10.2. The first-order valence-electron chi connectivity index (χ1n) is 7.25. The predicted octanol–water partition coefficient (Wildman–Crippen LogP) is 4.71. The van der Waals surface area contributed by atoms with Crippen molar-refractivity contribution in [2.45, 2.75) is 51.9 Å². The maximum atomic E-state index is 14.0. The first-order chi connectivity index (χ1) is 10.8. The topological polar surface area (TPSA) is 67.8 Å². The highest BCUT2D eigenvalue weighted by Crippen LogP contribution is 2.24. The molecule has 24 heavy (non-hydrogen) atoms. The van der Waals surface area contributed by atoms with Crippen LogP contribution in [0.3, 0.4) is 0 Å². The molecule has 0 aromatic heterocycles. The summed E-state index contributed by atoms with van der Waals surface area (Å²) in [5.74, 6) is -0.708. The number of nitrogens with one attached hydrogen (secondary N) is 1. The summed E-state index contributed by atoms with van der Waals surface area (Å²) in [4.78, 5) is 11.8. The largest absolute Gasteiger partial charge is 0.444 e. The summed E-state index contributed by atoms with van der Waals surface area (Å²) in [7, 11) is -1.48. The van der Waals surface area contributed by atoms with E-state index < -0.39 is 33.2 Å². The fourth-order valence-electron chi connectivity index (χ4n) is 1.44. The molecule has 1 aromatic carbocycles. The molecule has 0 saturated carbocycles. The smallest absolute Gasteiger partial charge is 0.412 e. The Morgan fingerprint density at radius 2 is 1.88 bits per heavy atom. The van der Waals surface area contributed by atoms with Gasteiger partial charge >= 0.3 is 6.09 Å². The first kappa shape index (κ1) is 20.6. The number of anilines is 1. The Morgan fingerprint density at radius 3 is 2.38 bits per heavy atom. The Morgan fingerprint density at radius 1 is 1.29 bits per heavy atom. The number of halogens is 2. The predicted molar refractivity (Wildman–Crippen MR) is 96.8 cm³/mol. The van der Waals surface area contributed by atoms with Gasteiger partial charge in [0.15, 0.2) is 0 Å². The third kappa shape index (κ3) is 6.57. The van der Waals surface area contributed by atoms with Crippen LogP contribution in [0.4, 0.5) is 14.9 Å². The van der Waals surface area contributed by atoms with Crippen LogP contribution < -0.4 is 5.32 Å². The lowest BCUT2D eigenvalue weighted by Crippen LogP contribution is -2.27. The number of amides is 1. The number of benzene rings is 1. The molecule has 0 aliphatic heterocycles. The molecule has 0 spiro atoms. The van der Waals surface area contributed by atoms with Crippen LogP contribution in [0.1, 0.15) is 47.1 Å². The van der Waals surface area contributed by atoms with Crippen molar-refractivity contribution < 1.29 is 18.1 Å². The second-order valence-corrected chi connectivity index (χ2v) is 9.42. The van der Waals surface area contributed by atoms with Crippen LogP contribution in [-0.4, -0.2) is 26.9 Å². The number of carbonyl (C=O) groups is 1. The summed E-state index contributed by atoms with van der Waals surface area (Å²) in [6.07, 6.45) is 0.508. The fraction of sp³-hybridized carbons (Fsp3) is 0.500. The van der Waals surface area contributed by atoms with Crippen molar-refractivity contribution in [3.05, 3.63) is 28.5 Å². The minimum absolute atomic E-state index is 0.0943. The molecule has 8 heteroatoms. The Hall–Kier alpha value is -1.47. The van der Waals surface area contributed by atoms with E-state index in [1.807, 2.05) is 0 Å². The summed E-state index contributed by atoms with van der Waals surface area (Å²) in [6.45, 7) is 10.4. The lowest BCUT2D eigenvalue weighted by Gasteiger charge is -2.20. The average Bonchev–Trinajstić information content (AvgIpc) is 2.36. The van der Waals surface area contributed by atoms with Gasteiger partial charge in [0.25, 0.3) is 0 Å². The van der Waals surface area contributed by atoms with Gasteiger partial charge in [-0.25, -0.2) is 13.4 Å². The molecule has 1 aromatic rings. The normalized spacial score (nSPS) is 13.8. The Balaban J connectivity index is 3.03. The van der Waals surface area contributed by atoms with Crippen molar-refractivity contribution in [2.24, 2.45) is 4.40 Å². The monoisotopic (exact) mass is 376 g/mol. The molecule has 1 amide bonds. The van der Waals surface area contributed by atoms with E-state index in [9.17, 15) is 13.4 Å². The fourth-order valence-corrected chi connectivity index (χ4v) is 2.16. The van der Waals surface area contributed by atoms with E-state index in [1.165, 1.54) is 12.3 Å². The van der Waals surface area contributed by atoms with Crippen LogP contribution in [0, 0.1) is 5.82 Å². The second kappa shape index (κ2) is 7.61. The van der Waals surface area contributed by atoms with Gasteiger partial charge < -0.3 is 4.74 Å². The van der Waals surface area contributed by atoms with Crippen molar-refractivity contribution in [1.29, 1.82) is 0 Å². The van der Waals surface area contributed by atoms with Gasteiger partial charge in [-0.15, -0.1) is 0 Å². The molecule has 1 unspecified atom stereocenters. The molecular weight excluding hydrogens is 355 g/mol. The lowest BCUT2D eigenvalue weighted by molar-refractivity contribution is 0.0635. The van der Waals surface area contributed by atoms with Crippen molar-refractivity contribution in [3.8, 4) is 0 Å². The number of nitrogens with zero attached hydrogens (tertiary/aromatic N) is 1. The van der Waals surface area contributed by atoms with Crippen LogP contribution >= 0.6 is 11.6 Å². The minimum atomic E-state index is -1.48. The van der Waals surface area contributed by atoms with E-state index in [1.54, 1.807) is 41.5 Å². The number of rotatable bonds is 3. The summed E-state index contributed by atoms with van der Waals surface area (Å²) >= 11 is 5.97. The van der Waals surface area contributed by atoms with Crippen molar-refractivity contribution >= 4 is 40.6 Å². The maximum Gasteiger partial charge on any atom is 0.412 e. The van der Waals surface area contributed by atoms with E-state index in [-0.39, 0.29) is 10.7 Å². The first-order valence-corrected chi connectivity index (χ1v) is 8.73. The average molecular weight is 377 g/mol. The third-order valence-electron chi connectivity index (χ3n) is 2.53. The highest BCUT2D eigenvalue weighted by molar-refractivity contribution is 7.85. The minimum Gasteiger partial charge on any atom is -0.444 e. The zero-order chi connectivity index (χ0) is 18.7. The number of carbonyl (C=O) groups excluding carboxylic acids is 1. The van der Waals surface area contributed by atoms with E-state index in [2.05, 4.69) is 9.71 Å². The molecule has 0 fully saturated rings. The summed E-state index contributed by atoms with van der Waals surface area (Å²) in [5, 5.41) is 2.41. The van der Waals surface area contributed by atoms with Gasteiger partial charge in [0.05, 0.1) is 15.5 Å². The van der Waals surface area contributed by atoms with E-state index in [0.717, 1.165) is 6.07 Å². The van der Waals surface area contributed by atoms with Gasteiger partial charge in [-0.05, 0) is 53.7 Å². The van der Waals surface area contributed by atoms with Gasteiger partial charge in [0, 0.05) is 11.8 Å². The van der Waals surface area contributed by atoms with Crippen molar-refractivity contribution in [1.82, 2.24) is 0 Å². The molecule has 0 bridgehead atoms. The van der Waals surface area contributed by atoms with Crippen LogP contribution in [-0.2, 0) is 15.7 Å². The third-order valence-corrected chi connectivity index (χ3v) is 4.21. The van der Waals surface area contributed by atoms with Gasteiger partial charge in [-0.1, -0.05) is 11.6 Å². The Labute approximate surface area is 149 Å². The molecule has 0 radical (unpaired) electrons. The number of hydrogen-bond donors (Lipinski definition) is 1. The molecule has 0 aliphatic carbocycles. The SMILES string of the molecule is CC(C)(C)OC(=O)Nc1cc(C=NS(=O)C(C)(C)C)c(Cl)cc1F. The molecular formula is C16H22ClFN2O3S. The summed E-state index contributed by atoms with van der Waals surface area (Å²) in [6, 6.07) is 2.36. The van der Waals surface area contributed by atoms with Crippen molar-refractivity contribution in [2.75, 3.05) is 5.32 Å². The molecule has 1 rings (SSSR count). The Bertz CT molecular complexity index is 679. The number of hydrogen-bond acceptors (Lipinski definition) is 3. The zero-order valence-corrected chi connectivity index (χ0v) is 16.1. The van der Waals surface area contributed by atoms with Crippen LogP contribution in [0.15, 0.2) is 16.5 Å². The molecule has 1 atom stereocenters. The summed E-state index contributed by atoms with van der Waals surface area (Å²) in [5.41, 5.74) is -0.473. The second-order valence-electron chi connectivity index (χ2n) is 7.08. The quantitative estimate of drug-likeness (QED) is 0.777. The Kier molecular flexibility index (Phi) is 6.52. The van der Waals surface area contributed by atoms with E-state index in [4.69, 9.17) is 16.3 Å². The zero-order valence-electron chi connectivity index (χ0n) is 14.6. The molecule has 0 aliphatic rings. The van der Waals surface area contributed by atoms with Crippen molar-refractivity contribution in [3.63, 3.8) is 0 Å². The molecule has 1 N–H and O–H groups in total. The summed E-state index contributed by atoms with van der Waals surface area (Å²) < 4.78 is 34.4. The molecule has 5 nitrogen and oxygen atoms in total. The van der Waals surface area contributed by atoms with Crippen LogP contribution in [0.25, 0.3) is 0 Å². The van der Waals surface area contributed by atoms with Gasteiger partial charge in [-0.3, -0.25) is 5.32 Å². The standard InChI is InChI=1S/C16H22ClFN2O3S/c1-15(2,3)23-14(21)20-13-7-10(11(17)8-12(13)18)9-19-24(22)16(4,5)6/h7-9H,1-6H3,(H,20,21). The van der Waals surface area contributed by atoms with E-state index >= 15 is 0 Å². The van der Waals surface area contributed by atoms with Gasteiger partial charge in [-0.2, -0.15) is 4.40 Å². The van der Waals surface area contributed by atoms with Gasteiger partial charge in [0.1, 0.15) is 22.4 Å². The highest BCUT2D eigenvalue weighted by atomic mass is 35.5. The molecule has 0 saturated heterocycles. The molecule has 0 heterocycles. The highest BCUT2D eigenvalue weighted by Gasteiger charge is 2.20. The van der Waals surface area contributed by atoms with Crippen LogP contribution in [0.5, 0.6) is 0 Å². The maximum absolute atomic E-state index is 14.0. The molecule has 134 valence electrons. The van der Waals surface area contributed by atoms with Gasteiger partial charge in [0.2, 0.25) is 0 Å². The van der Waals surface area contributed by atoms with Crippen LogP contribution in [0.2, 0.25) is 5.02 Å².